The number of hydrogen-bond acceptors (Lipinski definition) is 6. The average molecular weight is 583 g/mol. The number of carbonyl (C=O) groups is 1. The van der Waals surface area contributed by atoms with Gasteiger partial charge in [0.25, 0.3) is 5.91 Å². The Hall–Kier alpha value is -1.89. The Balaban J connectivity index is 1.62. The van der Waals surface area contributed by atoms with Crippen molar-refractivity contribution in [3.05, 3.63) is 57.3 Å². The molecule has 0 radical (unpaired) electrons. The topological polar surface area (TPSA) is 90.2 Å². The van der Waals surface area contributed by atoms with Crippen LogP contribution in [0, 0.1) is 0 Å². The fraction of sp³-hybridized carbons (Fsp3) is 0.417. The SMILES string of the molecule is CCOCCn1c(=NC(=O)c2ccc(S(=O)(=O)N3C[C@H](C)O[C@@H](C)C3)cc2)sc2cc(Br)ccc21. The second kappa shape index (κ2) is 11.0. The summed E-state index contributed by atoms with van der Waals surface area (Å²) in [5.74, 6) is -0.432. The van der Waals surface area contributed by atoms with Gasteiger partial charge < -0.3 is 14.0 Å². The summed E-state index contributed by atoms with van der Waals surface area (Å²) < 4.78 is 42.7. The number of sulfonamides is 1. The van der Waals surface area contributed by atoms with Gasteiger partial charge in [0.05, 0.1) is 33.9 Å². The van der Waals surface area contributed by atoms with Gasteiger partial charge in [-0.1, -0.05) is 27.3 Å². The number of morpholine rings is 1. The number of ether oxygens (including phenoxy) is 2. The summed E-state index contributed by atoms with van der Waals surface area (Å²) in [5, 5.41) is 0. The monoisotopic (exact) mass is 581 g/mol. The van der Waals surface area contributed by atoms with Crippen molar-refractivity contribution in [1.82, 2.24) is 8.87 Å². The van der Waals surface area contributed by atoms with E-state index in [9.17, 15) is 13.2 Å². The maximum Gasteiger partial charge on any atom is 0.279 e. The highest BCUT2D eigenvalue weighted by Gasteiger charge is 2.32. The molecule has 1 fully saturated rings. The lowest BCUT2D eigenvalue weighted by atomic mass is 10.2. The van der Waals surface area contributed by atoms with E-state index in [-0.39, 0.29) is 17.1 Å². The Bertz CT molecular complexity index is 1370. The molecule has 0 unspecified atom stereocenters. The van der Waals surface area contributed by atoms with Crippen LogP contribution in [0.5, 0.6) is 0 Å². The smallest absolute Gasteiger partial charge is 0.279 e. The van der Waals surface area contributed by atoms with E-state index in [0.29, 0.717) is 43.2 Å². The van der Waals surface area contributed by atoms with E-state index in [2.05, 4.69) is 20.9 Å². The Morgan fingerprint density at radius 2 is 1.86 bits per heavy atom. The van der Waals surface area contributed by atoms with E-state index in [1.807, 2.05) is 43.5 Å². The molecule has 35 heavy (non-hydrogen) atoms. The van der Waals surface area contributed by atoms with Gasteiger partial charge in [-0.2, -0.15) is 9.30 Å². The van der Waals surface area contributed by atoms with Gasteiger partial charge in [0.2, 0.25) is 10.0 Å². The van der Waals surface area contributed by atoms with Gasteiger partial charge in [-0.25, -0.2) is 8.42 Å². The zero-order chi connectivity index (χ0) is 25.2. The van der Waals surface area contributed by atoms with Crippen LogP contribution in [0.3, 0.4) is 0 Å². The third-order valence-electron chi connectivity index (χ3n) is 5.63. The van der Waals surface area contributed by atoms with Gasteiger partial charge in [-0.05, 0) is 63.2 Å². The Morgan fingerprint density at radius 1 is 1.17 bits per heavy atom. The largest absolute Gasteiger partial charge is 0.380 e. The molecular weight excluding hydrogens is 554 g/mol. The maximum atomic E-state index is 13.1. The van der Waals surface area contributed by atoms with E-state index in [0.717, 1.165) is 14.7 Å². The van der Waals surface area contributed by atoms with E-state index in [4.69, 9.17) is 9.47 Å². The number of thiazole rings is 1. The molecule has 3 aromatic rings. The van der Waals surface area contributed by atoms with E-state index in [1.165, 1.54) is 39.9 Å². The van der Waals surface area contributed by atoms with Crippen molar-refractivity contribution < 1.29 is 22.7 Å². The number of nitrogens with zero attached hydrogens (tertiary/aromatic N) is 3. The quantitative estimate of drug-likeness (QED) is 0.393. The number of hydrogen-bond donors (Lipinski definition) is 0. The molecule has 188 valence electrons. The van der Waals surface area contributed by atoms with Crippen LogP contribution >= 0.6 is 27.3 Å². The van der Waals surface area contributed by atoms with Crippen molar-refractivity contribution in [3.63, 3.8) is 0 Å². The first-order valence-electron chi connectivity index (χ1n) is 11.4. The predicted molar refractivity (Wildman–Crippen MR) is 139 cm³/mol. The maximum absolute atomic E-state index is 13.1. The Kier molecular flexibility index (Phi) is 8.24. The van der Waals surface area contributed by atoms with E-state index in [1.54, 1.807) is 0 Å². The minimum absolute atomic E-state index is 0.147. The van der Waals surface area contributed by atoms with Crippen molar-refractivity contribution in [2.75, 3.05) is 26.3 Å². The molecule has 0 saturated carbocycles. The van der Waals surface area contributed by atoms with Crippen molar-refractivity contribution in [2.45, 2.75) is 44.4 Å². The molecule has 0 N–H and O–H groups in total. The summed E-state index contributed by atoms with van der Waals surface area (Å²) in [6.45, 7) is 7.92. The van der Waals surface area contributed by atoms with Crippen LogP contribution < -0.4 is 4.80 Å². The molecule has 0 bridgehead atoms. The van der Waals surface area contributed by atoms with Gasteiger partial charge in [0.15, 0.2) is 4.80 Å². The third-order valence-corrected chi connectivity index (χ3v) is 9.01. The van der Waals surface area contributed by atoms with Gasteiger partial charge in [0, 0.05) is 36.3 Å². The fourth-order valence-corrected chi connectivity index (χ4v) is 7.24. The van der Waals surface area contributed by atoms with Gasteiger partial charge in [-0.15, -0.1) is 0 Å². The summed E-state index contributed by atoms with van der Waals surface area (Å²) in [5.41, 5.74) is 1.29. The first kappa shape index (κ1) is 26.2. The zero-order valence-electron chi connectivity index (χ0n) is 19.8. The normalized spacial score (nSPS) is 19.9. The van der Waals surface area contributed by atoms with Crippen LogP contribution in [0.4, 0.5) is 0 Å². The molecule has 4 rings (SSSR count). The molecule has 0 spiro atoms. The van der Waals surface area contributed by atoms with Crippen LogP contribution in [0.2, 0.25) is 0 Å². The van der Waals surface area contributed by atoms with Crippen LogP contribution in [0.15, 0.2) is 56.8 Å². The van der Waals surface area contributed by atoms with Crippen molar-refractivity contribution >= 4 is 53.4 Å². The standard InChI is InChI=1S/C24H28BrN3O5S2/c1-4-32-12-11-28-21-10-7-19(25)13-22(21)34-24(28)26-23(29)18-5-8-20(9-6-18)35(30,31)27-14-16(2)33-17(3)15-27/h5-10,13,16-17H,4,11-12,14-15H2,1-3H3/t16-,17-/m0/s1. The minimum Gasteiger partial charge on any atom is -0.380 e. The summed E-state index contributed by atoms with van der Waals surface area (Å²) in [6, 6.07) is 11.9. The number of amides is 1. The number of rotatable bonds is 7. The zero-order valence-corrected chi connectivity index (χ0v) is 23.0. The lowest BCUT2D eigenvalue weighted by molar-refractivity contribution is -0.0440. The molecule has 1 saturated heterocycles. The van der Waals surface area contributed by atoms with E-state index < -0.39 is 15.9 Å². The molecule has 11 heteroatoms. The first-order valence-corrected chi connectivity index (χ1v) is 14.5. The second-order valence-corrected chi connectivity index (χ2v) is 12.2. The lowest BCUT2D eigenvalue weighted by Gasteiger charge is -2.34. The number of fused-ring (bicyclic) bond motifs is 1. The molecule has 0 aliphatic carbocycles. The molecule has 2 heterocycles. The van der Waals surface area contributed by atoms with Crippen LogP contribution in [-0.4, -0.2) is 61.7 Å². The highest BCUT2D eigenvalue weighted by molar-refractivity contribution is 9.10. The van der Waals surface area contributed by atoms with Crippen LogP contribution in [0.1, 0.15) is 31.1 Å². The lowest BCUT2D eigenvalue weighted by Crippen LogP contribution is -2.48. The first-order chi connectivity index (χ1) is 16.7. The third kappa shape index (κ3) is 5.92. The number of halogens is 1. The van der Waals surface area contributed by atoms with Crippen molar-refractivity contribution in [3.8, 4) is 0 Å². The van der Waals surface area contributed by atoms with Crippen molar-refractivity contribution in [2.24, 2.45) is 4.99 Å². The fourth-order valence-electron chi connectivity index (χ4n) is 4.05. The molecule has 1 aromatic heterocycles. The number of aromatic nitrogens is 1. The van der Waals surface area contributed by atoms with Crippen LogP contribution in [0.25, 0.3) is 10.2 Å². The molecule has 2 atom stereocenters. The number of carbonyl (C=O) groups excluding carboxylic acids is 1. The summed E-state index contributed by atoms with van der Waals surface area (Å²) >= 11 is 4.91. The molecule has 2 aromatic carbocycles. The Morgan fingerprint density at radius 3 is 2.51 bits per heavy atom. The van der Waals surface area contributed by atoms with Gasteiger partial charge >= 0.3 is 0 Å². The van der Waals surface area contributed by atoms with E-state index >= 15 is 0 Å². The van der Waals surface area contributed by atoms with Crippen molar-refractivity contribution in [1.29, 1.82) is 0 Å². The minimum atomic E-state index is -3.68. The summed E-state index contributed by atoms with van der Waals surface area (Å²) in [7, 11) is -3.68. The highest BCUT2D eigenvalue weighted by Crippen LogP contribution is 2.23. The molecule has 1 aliphatic heterocycles. The Labute approximate surface area is 217 Å². The highest BCUT2D eigenvalue weighted by atomic mass is 79.9. The van der Waals surface area contributed by atoms with Gasteiger partial charge in [-0.3, -0.25) is 4.79 Å². The molecule has 8 nitrogen and oxygen atoms in total. The molecular formula is C24H28BrN3O5S2. The van der Waals surface area contributed by atoms with Gasteiger partial charge in [0.1, 0.15) is 0 Å². The summed E-state index contributed by atoms with van der Waals surface area (Å²) in [4.78, 5) is 18.1. The molecule has 1 amide bonds. The number of benzene rings is 2. The second-order valence-electron chi connectivity index (χ2n) is 8.37. The average Bonchev–Trinajstić information content (AvgIpc) is 3.14. The summed E-state index contributed by atoms with van der Waals surface area (Å²) in [6.07, 6.45) is -0.353. The predicted octanol–water partition coefficient (Wildman–Crippen LogP) is 4.04. The van der Waals surface area contributed by atoms with Crippen LogP contribution in [-0.2, 0) is 26.0 Å². The molecule has 1 aliphatic rings.